The molecule has 9 heteroatoms. The van der Waals surface area contributed by atoms with Crippen molar-refractivity contribution in [2.45, 2.75) is 24.3 Å². The number of halogens is 1. The zero-order chi connectivity index (χ0) is 22.0. The maximum absolute atomic E-state index is 14.0. The second-order valence-corrected chi connectivity index (χ2v) is 9.34. The average Bonchev–Trinajstić information content (AvgIpc) is 3.44. The van der Waals surface area contributed by atoms with Crippen LogP contribution in [0, 0.1) is 11.3 Å². The maximum Gasteiger partial charge on any atom is 0.243 e. The van der Waals surface area contributed by atoms with E-state index in [1.165, 1.54) is 16.7 Å². The number of hydrogen-bond donors (Lipinski definition) is 1. The van der Waals surface area contributed by atoms with Crippen LogP contribution in [-0.4, -0.2) is 41.9 Å². The van der Waals surface area contributed by atoms with Crippen LogP contribution < -0.4 is 5.73 Å². The molecule has 0 radical (unpaired) electrons. The van der Waals surface area contributed by atoms with Crippen LogP contribution in [0.25, 0.3) is 22.2 Å². The number of imidazole rings is 1. The molecule has 4 rings (SSSR count). The monoisotopic (exact) mass is 439 g/mol. The van der Waals surface area contributed by atoms with Crippen molar-refractivity contribution in [3.63, 3.8) is 0 Å². The molecule has 1 aliphatic heterocycles. The summed E-state index contributed by atoms with van der Waals surface area (Å²) in [6.07, 6.45) is 4.50. The van der Waals surface area contributed by atoms with Crippen LogP contribution in [-0.2, 0) is 16.6 Å². The Bertz CT molecular complexity index is 1300. The van der Waals surface area contributed by atoms with Crippen LogP contribution in [0.15, 0.2) is 59.5 Å². The zero-order valence-electron chi connectivity index (χ0n) is 16.8. The summed E-state index contributed by atoms with van der Waals surface area (Å²) in [5.41, 5.74) is 8.15. The van der Waals surface area contributed by atoms with Gasteiger partial charge in [0.25, 0.3) is 0 Å². The number of aromatic nitrogens is 2. The Morgan fingerprint density at radius 3 is 2.74 bits per heavy atom. The summed E-state index contributed by atoms with van der Waals surface area (Å²) < 4.78 is 43.1. The molecule has 0 spiro atoms. The SMILES string of the molecule is N#Cc1cc(-c2cccc(S(=O)(=O)N3CCCC3)c2)c2ncn(C/C(F)=C/CN)c2c1. The van der Waals surface area contributed by atoms with Crippen LogP contribution in [0.2, 0.25) is 0 Å². The minimum Gasteiger partial charge on any atom is -0.327 e. The van der Waals surface area contributed by atoms with E-state index >= 15 is 0 Å². The predicted molar refractivity (Wildman–Crippen MR) is 116 cm³/mol. The summed E-state index contributed by atoms with van der Waals surface area (Å²) in [6, 6.07) is 12.1. The summed E-state index contributed by atoms with van der Waals surface area (Å²) in [5, 5.41) is 9.51. The van der Waals surface area contributed by atoms with Crippen LogP contribution in [0.5, 0.6) is 0 Å². The van der Waals surface area contributed by atoms with E-state index in [0.717, 1.165) is 12.8 Å². The van der Waals surface area contributed by atoms with Crippen molar-refractivity contribution in [2.75, 3.05) is 19.6 Å². The molecule has 2 aromatic carbocycles. The Balaban J connectivity index is 1.82. The summed E-state index contributed by atoms with van der Waals surface area (Å²) in [6.45, 7) is 1.08. The number of allylic oxidation sites excluding steroid dienone is 1. The van der Waals surface area contributed by atoms with Gasteiger partial charge in [0.1, 0.15) is 5.83 Å². The van der Waals surface area contributed by atoms with Crippen molar-refractivity contribution in [1.29, 1.82) is 5.26 Å². The third-order valence-corrected chi connectivity index (χ3v) is 7.26. The lowest BCUT2D eigenvalue weighted by atomic mass is 10.0. The summed E-state index contributed by atoms with van der Waals surface area (Å²) in [5.74, 6) is -0.399. The van der Waals surface area contributed by atoms with Gasteiger partial charge < -0.3 is 10.3 Å². The van der Waals surface area contributed by atoms with E-state index in [-0.39, 0.29) is 18.0 Å². The van der Waals surface area contributed by atoms with E-state index in [4.69, 9.17) is 5.73 Å². The van der Waals surface area contributed by atoms with Gasteiger partial charge in [0.15, 0.2) is 0 Å². The van der Waals surface area contributed by atoms with Gasteiger partial charge in [-0.1, -0.05) is 12.1 Å². The van der Waals surface area contributed by atoms with Gasteiger partial charge in [0, 0.05) is 25.2 Å². The third kappa shape index (κ3) is 4.10. The molecule has 160 valence electrons. The average molecular weight is 440 g/mol. The quantitative estimate of drug-likeness (QED) is 0.635. The molecule has 1 fully saturated rings. The highest BCUT2D eigenvalue weighted by molar-refractivity contribution is 7.89. The smallest absolute Gasteiger partial charge is 0.243 e. The normalized spacial score (nSPS) is 15.5. The van der Waals surface area contributed by atoms with Gasteiger partial charge in [-0.2, -0.15) is 9.57 Å². The van der Waals surface area contributed by atoms with Crippen molar-refractivity contribution in [1.82, 2.24) is 13.9 Å². The predicted octanol–water partition coefficient (Wildman–Crippen LogP) is 3.17. The zero-order valence-corrected chi connectivity index (χ0v) is 17.6. The Labute approximate surface area is 180 Å². The number of nitrogens with two attached hydrogens (primary N) is 1. The second-order valence-electron chi connectivity index (χ2n) is 7.40. The van der Waals surface area contributed by atoms with Crippen LogP contribution in [0.3, 0.4) is 0 Å². The van der Waals surface area contributed by atoms with E-state index < -0.39 is 15.9 Å². The van der Waals surface area contributed by atoms with Gasteiger partial charge in [0.2, 0.25) is 10.0 Å². The molecule has 2 heterocycles. The fraction of sp³-hybridized carbons (Fsp3) is 0.273. The first kappa shape index (κ1) is 21.2. The molecule has 0 amide bonds. The fourth-order valence-electron chi connectivity index (χ4n) is 3.83. The van der Waals surface area contributed by atoms with Gasteiger partial charge in [-0.25, -0.2) is 17.8 Å². The molecule has 2 N–H and O–H groups in total. The molecule has 31 heavy (non-hydrogen) atoms. The van der Waals surface area contributed by atoms with Gasteiger partial charge >= 0.3 is 0 Å². The Morgan fingerprint density at radius 1 is 1.26 bits per heavy atom. The van der Waals surface area contributed by atoms with Crippen LogP contribution >= 0.6 is 0 Å². The number of hydrogen-bond acceptors (Lipinski definition) is 5. The topological polar surface area (TPSA) is 105 Å². The highest BCUT2D eigenvalue weighted by atomic mass is 32.2. The first-order valence-electron chi connectivity index (χ1n) is 9.98. The fourth-order valence-corrected chi connectivity index (χ4v) is 5.39. The maximum atomic E-state index is 14.0. The second kappa shape index (κ2) is 8.59. The van der Waals surface area contributed by atoms with Gasteiger partial charge in [-0.15, -0.1) is 0 Å². The standard InChI is InChI=1S/C22H22FN5O2S/c23-18(6-7-24)14-27-15-26-22-20(10-16(13-25)11-21(22)27)17-4-3-5-19(12-17)31(29,30)28-8-1-2-9-28/h3-6,10-12,15H,1-2,7-9,14,24H2/b18-6-. The Kier molecular flexibility index (Phi) is 5.87. The molecule has 0 saturated carbocycles. The number of nitrogens with zero attached hydrogens (tertiary/aromatic N) is 4. The lowest BCUT2D eigenvalue weighted by Gasteiger charge is -2.16. The largest absolute Gasteiger partial charge is 0.327 e. The lowest BCUT2D eigenvalue weighted by molar-refractivity contribution is 0.477. The van der Waals surface area contributed by atoms with E-state index in [9.17, 15) is 18.1 Å². The van der Waals surface area contributed by atoms with E-state index in [1.54, 1.807) is 41.0 Å². The number of benzene rings is 2. The van der Waals surface area contributed by atoms with E-state index in [1.807, 2.05) is 0 Å². The van der Waals surface area contributed by atoms with E-state index in [0.29, 0.717) is 40.8 Å². The molecule has 1 aromatic heterocycles. The number of rotatable bonds is 6. The third-order valence-electron chi connectivity index (χ3n) is 5.36. The van der Waals surface area contributed by atoms with Gasteiger partial charge in [-0.3, -0.25) is 0 Å². The highest BCUT2D eigenvalue weighted by Gasteiger charge is 2.27. The van der Waals surface area contributed by atoms with Crippen molar-refractivity contribution in [3.05, 3.63) is 60.2 Å². The molecular formula is C22H22FN5O2S. The Morgan fingerprint density at radius 2 is 2.03 bits per heavy atom. The molecular weight excluding hydrogens is 417 g/mol. The summed E-state index contributed by atoms with van der Waals surface area (Å²) >= 11 is 0. The molecule has 7 nitrogen and oxygen atoms in total. The number of nitriles is 1. The first-order valence-corrected chi connectivity index (χ1v) is 11.4. The molecule has 0 aliphatic carbocycles. The minimum atomic E-state index is -3.58. The van der Waals surface area contributed by atoms with Crippen LogP contribution in [0.4, 0.5) is 4.39 Å². The molecule has 0 unspecified atom stereocenters. The van der Waals surface area contributed by atoms with Crippen molar-refractivity contribution < 1.29 is 12.8 Å². The molecule has 0 atom stereocenters. The summed E-state index contributed by atoms with van der Waals surface area (Å²) in [7, 11) is -3.58. The number of sulfonamides is 1. The van der Waals surface area contributed by atoms with Crippen molar-refractivity contribution in [2.24, 2.45) is 5.73 Å². The molecule has 1 saturated heterocycles. The summed E-state index contributed by atoms with van der Waals surface area (Å²) in [4.78, 5) is 4.63. The molecule has 0 bridgehead atoms. The van der Waals surface area contributed by atoms with Gasteiger partial charge in [0.05, 0.1) is 40.4 Å². The highest BCUT2D eigenvalue weighted by Crippen LogP contribution is 2.32. The van der Waals surface area contributed by atoms with Crippen molar-refractivity contribution in [3.8, 4) is 17.2 Å². The first-order chi connectivity index (χ1) is 14.9. The Hall–Kier alpha value is -3.06. The van der Waals surface area contributed by atoms with Crippen molar-refractivity contribution >= 4 is 21.1 Å². The minimum absolute atomic E-state index is 0.0502. The van der Waals surface area contributed by atoms with Crippen LogP contribution in [0.1, 0.15) is 18.4 Å². The number of fused-ring (bicyclic) bond motifs is 1. The molecule has 3 aromatic rings. The van der Waals surface area contributed by atoms with E-state index in [2.05, 4.69) is 11.1 Å². The van der Waals surface area contributed by atoms with Gasteiger partial charge in [-0.05, 0) is 48.7 Å². The lowest BCUT2D eigenvalue weighted by Crippen LogP contribution is -2.27. The molecule has 1 aliphatic rings.